The van der Waals surface area contributed by atoms with Crippen molar-refractivity contribution in [3.8, 4) is 0 Å². The number of carbonyl (C=O) groups excluding carboxylic acids is 4. The van der Waals surface area contributed by atoms with E-state index < -0.39 is 346 Å². The molecule has 9 rings (SSSR count). The summed E-state index contributed by atoms with van der Waals surface area (Å²) in [7, 11) is 0. The van der Waals surface area contributed by atoms with Crippen molar-refractivity contribution in [2.45, 2.75) is 318 Å². The molecule has 48 heteroatoms. The third-order valence-electron chi connectivity index (χ3n) is 20.3. The molecule has 45 atom stereocenters. The highest BCUT2D eigenvalue weighted by Gasteiger charge is 2.60. The molecule has 0 aliphatic carbocycles. The number of carbonyl (C=O) groups is 4. The highest BCUT2D eigenvalue weighted by molar-refractivity contribution is 5.74. The van der Waals surface area contributed by atoms with E-state index in [1.54, 1.807) is 0 Å². The van der Waals surface area contributed by atoms with Crippen molar-refractivity contribution in [1.29, 1.82) is 0 Å². The summed E-state index contributed by atoms with van der Waals surface area (Å²) in [4.78, 5) is 51.4. The lowest BCUT2D eigenvalue weighted by Crippen LogP contribution is -2.71. The minimum Gasteiger partial charge on any atom is -0.394 e. The molecular formula is C62H104N4O44. The monoisotopic (exact) mass is 1610 g/mol. The van der Waals surface area contributed by atoms with Gasteiger partial charge in [-0.1, -0.05) is 0 Å². The fourth-order valence-corrected chi connectivity index (χ4v) is 14.2. The van der Waals surface area contributed by atoms with Gasteiger partial charge in [-0.2, -0.15) is 0 Å². The Labute approximate surface area is 624 Å². The molecule has 0 aromatic carbocycles. The maximum atomic E-state index is 13.2. The number of hydrogen-bond donors (Lipinski definition) is 27. The number of amides is 4. The number of ether oxygens (including phenoxy) is 17. The quantitative estimate of drug-likeness (QED) is 0.0363. The fraction of sp³-hybridized carbons (Fsp3) is 0.935. The molecule has 0 radical (unpaired) electrons. The molecule has 636 valence electrons. The Morgan fingerprint density at radius 1 is 0.255 bits per heavy atom. The molecule has 0 aromatic rings. The molecule has 110 heavy (non-hydrogen) atoms. The molecule has 9 aliphatic heterocycles. The van der Waals surface area contributed by atoms with Crippen LogP contribution in [0.1, 0.15) is 41.5 Å². The molecule has 27 N–H and O–H groups in total. The first-order chi connectivity index (χ1) is 51.9. The van der Waals surface area contributed by atoms with Gasteiger partial charge in [-0.3, -0.25) is 19.2 Å². The van der Waals surface area contributed by atoms with Crippen LogP contribution in [-0.4, -0.2) is 463 Å². The van der Waals surface area contributed by atoms with Gasteiger partial charge in [-0.25, -0.2) is 0 Å². The van der Waals surface area contributed by atoms with Gasteiger partial charge < -0.3 is 219 Å². The van der Waals surface area contributed by atoms with Gasteiger partial charge in [0.1, 0.15) is 207 Å². The molecule has 0 spiro atoms. The second kappa shape index (κ2) is 39.0. The van der Waals surface area contributed by atoms with Gasteiger partial charge in [-0.15, -0.1) is 0 Å². The van der Waals surface area contributed by atoms with Crippen molar-refractivity contribution in [3.63, 3.8) is 0 Å². The third kappa shape index (κ3) is 19.9. The average Bonchev–Trinajstić information content (AvgIpc) is 0.769. The zero-order chi connectivity index (χ0) is 81.1. The van der Waals surface area contributed by atoms with Crippen LogP contribution in [0, 0.1) is 0 Å². The number of rotatable bonds is 27. The molecule has 9 fully saturated rings. The fourth-order valence-electron chi connectivity index (χ4n) is 14.2. The zero-order valence-corrected chi connectivity index (χ0v) is 59.8. The molecule has 4 amide bonds. The summed E-state index contributed by atoms with van der Waals surface area (Å²) in [5.41, 5.74) is 0. The van der Waals surface area contributed by atoms with Gasteiger partial charge >= 0.3 is 0 Å². The minimum absolute atomic E-state index is 0.767. The largest absolute Gasteiger partial charge is 0.394 e. The van der Waals surface area contributed by atoms with E-state index in [1.165, 1.54) is 13.8 Å². The summed E-state index contributed by atoms with van der Waals surface area (Å²) in [5.74, 6) is -3.59. The van der Waals surface area contributed by atoms with Crippen LogP contribution in [0.15, 0.2) is 0 Å². The normalized spacial score (nSPS) is 49.6. The van der Waals surface area contributed by atoms with Gasteiger partial charge in [0.25, 0.3) is 0 Å². The Morgan fingerprint density at radius 3 is 0.964 bits per heavy atom. The van der Waals surface area contributed by atoms with Crippen LogP contribution < -0.4 is 21.3 Å². The SMILES string of the molecule is CC(=O)N[C@H]1[C@H](OC[C@H]2O[C@@H](O[C@H]3[C@@H](O)[C@@H](CO[C@@H]4O[C@H](CO)[C@@H](O)[C@H](O)[C@H]4NC(C)=O)OC(O)[C@@H]3NC(C)=O)[C@H](O)[C@@H](O[C@@H]3O[C@H](CO)[C@@H](O[C@@H]4O[C@H](CO)[C@H](O)[C@H](O)[C@H]4O[C@@H]4O[C@@H](C)[C@@H](O)[C@@H](O)[C@@H]4O)[C@H](O)[C@H]3NC(C)=O)[C@H]2O)O[C@H](CO)[C@@H](O[C@@H]2O[C@H](CO)[C@H](O)[C@H](O)[C@H]2O[C@@H]2O[C@@H](C)[C@@H](O)[C@@H](O)[C@@H]2O)[C@@H]1O. The van der Waals surface area contributed by atoms with Crippen molar-refractivity contribution in [2.75, 3.05) is 46.2 Å². The number of aliphatic hydroxyl groups is 23. The van der Waals surface area contributed by atoms with Crippen LogP contribution in [0.5, 0.6) is 0 Å². The van der Waals surface area contributed by atoms with E-state index >= 15 is 0 Å². The summed E-state index contributed by atoms with van der Waals surface area (Å²) in [6.07, 6.45) is -80.7. The summed E-state index contributed by atoms with van der Waals surface area (Å²) >= 11 is 0. The smallest absolute Gasteiger partial charge is 0.217 e. The maximum Gasteiger partial charge on any atom is 0.217 e. The summed E-state index contributed by atoms with van der Waals surface area (Å²) in [6, 6.07) is -7.36. The van der Waals surface area contributed by atoms with Crippen LogP contribution >= 0.6 is 0 Å². The molecule has 9 saturated heterocycles. The lowest BCUT2D eigenvalue weighted by atomic mass is 9.93. The summed E-state index contributed by atoms with van der Waals surface area (Å²) < 4.78 is 101. The standard InChI is InChI=1S/C62H104N4O44/c1-14-31(76)41(86)45(90)58(96-14)109-52-43(88)34(79)21(8-68)100-61(52)105-48-23(10-70)102-56(28(39(48)84)64-17(4)73)95-13-26-37(82)51(47(92)60(104-26)107-50-30(66-19(6)75)54(93)98-25(36(50)81)12-94-55-27(63-16(3)72)38(83)33(78)20(7-67)99-55)108-57-29(65-18(5)74)40(85)49(24(11-71)103-57)106-62-53(44(89)35(80)22(9-69)101-62)110-59-46(91)42(87)32(77)15(2)97-59/h14-15,20-62,67-71,76-93H,7-13H2,1-6H3,(H,63,72)(H,64,73)(H,65,74)(H,66,75)/t14-,15-,20+,21+,22+,23+,24+,25+,26+,27+,28+,29+,30+,31+,32+,33+,34-,35-,36-,37-,38+,39+,40+,41+,42+,43-,44-,45-,46-,47+,48+,49+,50+,51-,52+,53+,54?,55+,56+,57-,58-,59-,60-,61-,62-/m0/s1. The highest BCUT2D eigenvalue weighted by atomic mass is 16.8. The molecule has 9 aliphatic rings. The first-order valence-corrected chi connectivity index (χ1v) is 35.3. The summed E-state index contributed by atoms with van der Waals surface area (Å²) in [6.45, 7) is -0.813. The number of hydrogen-bond acceptors (Lipinski definition) is 44. The van der Waals surface area contributed by atoms with Crippen molar-refractivity contribution in [3.05, 3.63) is 0 Å². The summed E-state index contributed by atoms with van der Waals surface area (Å²) in [5, 5.41) is 265. The minimum atomic E-state index is -2.50. The second-order valence-corrected chi connectivity index (χ2v) is 28.2. The van der Waals surface area contributed by atoms with Crippen molar-refractivity contribution in [2.24, 2.45) is 0 Å². The van der Waals surface area contributed by atoms with Crippen LogP contribution in [0.25, 0.3) is 0 Å². The third-order valence-corrected chi connectivity index (χ3v) is 20.3. The number of nitrogens with one attached hydrogen (secondary N) is 4. The lowest BCUT2D eigenvalue weighted by Gasteiger charge is -2.51. The molecule has 48 nitrogen and oxygen atoms in total. The topological polar surface area (TPSA) is 739 Å². The first kappa shape index (κ1) is 90.2. The van der Waals surface area contributed by atoms with Gasteiger partial charge in [0.05, 0.1) is 58.5 Å². The van der Waals surface area contributed by atoms with E-state index in [9.17, 15) is 137 Å². The highest BCUT2D eigenvalue weighted by Crippen LogP contribution is 2.39. The maximum absolute atomic E-state index is 13.2. The van der Waals surface area contributed by atoms with Gasteiger partial charge in [0.2, 0.25) is 23.6 Å². The average molecular weight is 1610 g/mol. The predicted molar refractivity (Wildman–Crippen MR) is 341 cm³/mol. The number of aliphatic hydroxyl groups excluding tert-OH is 23. The lowest BCUT2D eigenvalue weighted by molar-refractivity contribution is -0.392. The Hall–Kier alpha value is -3.72. The van der Waals surface area contributed by atoms with E-state index in [-0.39, 0.29) is 0 Å². The van der Waals surface area contributed by atoms with Crippen LogP contribution in [0.2, 0.25) is 0 Å². The van der Waals surface area contributed by atoms with Crippen molar-refractivity contribution >= 4 is 23.6 Å². The Kier molecular flexibility index (Phi) is 32.0. The molecule has 0 bridgehead atoms. The molecule has 1 unspecified atom stereocenters. The van der Waals surface area contributed by atoms with Crippen molar-refractivity contribution < 1.29 is 217 Å². The van der Waals surface area contributed by atoms with Gasteiger partial charge in [0.15, 0.2) is 56.6 Å². The van der Waals surface area contributed by atoms with E-state index in [2.05, 4.69) is 21.3 Å². The molecule has 0 aromatic heterocycles. The Balaban J connectivity index is 1.03. The molecular weight excluding hydrogens is 1500 g/mol. The molecule has 0 saturated carbocycles. The van der Waals surface area contributed by atoms with E-state index in [0.29, 0.717) is 0 Å². The zero-order valence-electron chi connectivity index (χ0n) is 59.8. The van der Waals surface area contributed by atoms with Crippen molar-refractivity contribution in [1.82, 2.24) is 21.3 Å². The predicted octanol–water partition coefficient (Wildman–Crippen LogP) is -18.0. The van der Waals surface area contributed by atoms with Gasteiger partial charge in [-0.05, 0) is 13.8 Å². The van der Waals surface area contributed by atoms with Crippen LogP contribution in [0.4, 0.5) is 0 Å². The van der Waals surface area contributed by atoms with Crippen LogP contribution in [-0.2, 0) is 99.7 Å². The molecule has 9 heterocycles. The van der Waals surface area contributed by atoms with Crippen LogP contribution in [0.3, 0.4) is 0 Å². The Bertz CT molecular complexity index is 2940. The first-order valence-electron chi connectivity index (χ1n) is 35.3. The second-order valence-electron chi connectivity index (χ2n) is 28.2. The Morgan fingerprint density at radius 2 is 0.555 bits per heavy atom. The van der Waals surface area contributed by atoms with E-state index in [1.807, 2.05) is 0 Å². The van der Waals surface area contributed by atoms with E-state index in [0.717, 1.165) is 27.7 Å². The van der Waals surface area contributed by atoms with E-state index in [4.69, 9.17) is 80.5 Å². The van der Waals surface area contributed by atoms with Gasteiger partial charge in [0, 0.05) is 27.7 Å².